The summed E-state index contributed by atoms with van der Waals surface area (Å²) in [6.07, 6.45) is 0.814. The molecule has 0 aliphatic heterocycles. The van der Waals surface area contributed by atoms with E-state index in [0.29, 0.717) is 5.56 Å². The van der Waals surface area contributed by atoms with Crippen molar-refractivity contribution < 1.29 is 56.6 Å². The molecule has 3 rings (SSSR count). The Morgan fingerprint density at radius 3 is 2.53 bits per heavy atom. The number of aryl methyl sites for hydroxylation is 1. The van der Waals surface area contributed by atoms with Gasteiger partial charge in [-0.3, -0.25) is 0 Å². The molecule has 0 amide bonds. The van der Waals surface area contributed by atoms with Crippen LogP contribution in [0.1, 0.15) is 18.9 Å². The van der Waals surface area contributed by atoms with Gasteiger partial charge < -0.3 is 20.5 Å². The average molecular weight is 524 g/mol. The number of aromatic nitrogens is 2. The number of anilines is 4. The summed E-state index contributed by atoms with van der Waals surface area (Å²) in [5.74, 6) is -2.88. The molecule has 36 heavy (non-hydrogen) atoms. The second-order valence-corrected chi connectivity index (χ2v) is 8.60. The van der Waals surface area contributed by atoms with Crippen LogP contribution in [0, 0.1) is 29.9 Å². The van der Waals surface area contributed by atoms with E-state index < -0.39 is 27.6 Å². The fraction of sp³-hybridized carbons (Fsp3) is 0.182. The summed E-state index contributed by atoms with van der Waals surface area (Å²) in [7, 11) is -4.23. The summed E-state index contributed by atoms with van der Waals surface area (Å²) in [6, 6.07) is 9.75. The Hall–Kier alpha value is -3.31. The summed E-state index contributed by atoms with van der Waals surface area (Å²) in [5, 5.41) is 25.4. The molecule has 0 aliphatic carbocycles. The third-order valence-electron chi connectivity index (χ3n) is 4.48. The molecule has 0 aliphatic rings. The van der Waals surface area contributed by atoms with Crippen LogP contribution in [0.4, 0.5) is 31.9 Å². The standard InChI is InChI=1S/C22H20F2N6O4S.Na/c1-3-20(31)30-35(32,33)19-11-15(5-4-13(19)2)28-22-26-12-17(24)21(29-22)27-14-6-7-18(16(23)10-14)34-9-8-25;/h4-7,10-12H,3,9H2,1-2H3,(H,30,31)(H2,26,27,28,29);/q;+1/p-1. The predicted octanol–water partition coefficient (Wildman–Crippen LogP) is 0.314. The van der Waals surface area contributed by atoms with Crippen LogP contribution in [0.3, 0.4) is 0 Å². The van der Waals surface area contributed by atoms with Gasteiger partial charge in [-0.05, 0) is 49.1 Å². The van der Waals surface area contributed by atoms with E-state index in [-0.39, 0.29) is 76.4 Å². The molecule has 0 fully saturated rings. The maximum Gasteiger partial charge on any atom is 1.00 e. The Bertz CT molecular complexity index is 1430. The van der Waals surface area contributed by atoms with E-state index in [0.717, 1.165) is 12.3 Å². The van der Waals surface area contributed by atoms with Crippen LogP contribution in [0.5, 0.6) is 5.75 Å². The molecule has 0 radical (unpaired) electrons. The van der Waals surface area contributed by atoms with Gasteiger partial charge >= 0.3 is 29.6 Å². The van der Waals surface area contributed by atoms with Gasteiger partial charge in [0.25, 0.3) is 10.0 Å². The summed E-state index contributed by atoms with van der Waals surface area (Å²) in [4.78, 5) is 7.66. The first kappa shape index (κ1) is 28.9. The normalized spacial score (nSPS) is 11.2. The van der Waals surface area contributed by atoms with Crippen LogP contribution in [0.2, 0.25) is 0 Å². The van der Waals surface area contributed by atoms with Gasteiger partial charge in [0.05, 0.1) is 11.1 Å². The molecule has 0 spiro atoms. The molecule has 14 heteroatoms. The van der Waals surface area contributed by atoms with E-state index in [1.54, 1.807) is 19.1 Å². The van der Waals surface area contributed by atoms with Gasteiger partial charge in [0.2, 0.25) is 5.95 Å². The Labute approximate surface area is 228 Å². The summed E-state index contributed by atoms with van der Waals surface area (Å²) in [5.41, 5.74) is 0.770. The van der Waals surface area contributed by atoms with E-state index in [2.05, 4.69) is 25.0 Å². The molecule has 2 N–H and O–H groups in total. The van der Waals surface area contributed by atoms with E-state index in [9.17, 15) is 22.3 Å². The fourth-order valence-electron chi connectivity index (χ4n) is 2.79. The van der Waals surface area contributed by atoms with Crippen LogP contribution < -0.4 is 50.0 Å². The number of hydrogen-bond acceptors (Lipinski definition) is 9. The Kier molecular flexibility index (Phi) is 10.1. The van der Waals surface area contributed by atoms with E-state index >= 15 is 0 Å². The van der Waals surface area contributed by atoms with E-state index in [4.69, 9.17) is 10.00 Å². The summed E-state index contributed by atoms with van der Waals surface area (Å²) >= 11 is 0. The number of hydrogen-bond donors (Lipinski definition) is 2. The van der Waals surface area contributed by atoms with Crippen LogP contribution in [-0.4, -0.2) is 30.9 Å². The summed E-state index contributed by atoms with van der Waals surface area (Å²) < 4.78 is 61.5. The van der Waals surface area contributed by atoms with E-state index in [1.807, 2.05) is 0 Å². The first-order chi connectivity index (χ1) is 16.6. The molecule has 0 saturated carbocycles. The first-order valence-electron chi connectivity index (χ1n) is 10.1. The van der Waals surface area contributed by atoms with Crippen molar-refractivity contribution in [3.05, 3.63) is 59.8 Å². The first-order valence-corrected chi connectivity index (χ1v) is 11.5. The number of nitriles is 1. The SMILES string of the molecule is CC/C([O-])=N/S(=O)(=O)c1cc(Nc2ncc(F)c(Nc3ccc(OCC#N)c(F)c3)n2)ccc1C.[Na+]. The quantitative estimate of drug-likeness (QED) is 0.229. The molecular weight excluding hydrogens is 505 g/mol. The van der Waals surface area contributed by atoms with Crippen molar-refractivity contribution >= 4 is 39.1 Å². The monoisotopic (exact) mass is 524 g/mol. The zero-order valence-corrected chi connectivity index (χ0v) is 22.4. The smallest absolute Gasteiger partial charge is 0.861 e. The second kappa shape index (κ2) is 12.6. The number of rotatable bonds is 9. The number of nitrogens with one attached hydrogen (secondary N) is 2. The van der Waals surface area contributed by atoms with Crippen LogP contribution in [0.25, 0.3) is 0 Å². The molecule has 0 bridgehead atoms. The fourth-order valence-corrected chi connectivity index (χ4v) is 4.04. The maximum absolute atomic E-state index is 14.3. The van der Waals surface area contributed by atoms with Crippen molar-refractivity contribution in [2.45, 2.75) is 25.2 Å². The second-order valence-electron chi connectivity index (χ2n) is 7.03. The molecule has 10 nitrogen and oxygen atoms in total. The molecule has 1 heterocycles. The van der Waals surface area contributed by atoms with Crippen molar-refractivity contribution in [1.82, 2.24) is 9.97 Å². The molecule has 0 atom stereocenters. The molecule has 1 aromatic heterocycles. The van der Waals surface area contributed by atoms with Gasteiger partial charge in [-0.2, -0.15) is 23.1 Å². The third-order valence-corrected chi connectivity index (χ3v) is 5.92. The van der Waals surface area contributed by atoms with E-state index in [1.165, 1.54) is 31.2 Å². The number of halogens is 2. The van der Waals surface area contributed by atoms with Gasteiger partial charge in [-0.25, -0.2) is 13.8 Å². The van der Waals surface area contributed by atoms with Crippen molar-refractivity contribution in [3.8, 4) is 11.8 Å². The average Bonchev–Trinajstić information content (AvgIpc) is 2.81. The molecule has 182 valence electrons. The van der Waals surface area contributed by atoms with Gasteiger partial charge in [0, 0.05) is 17.4 Å². The van der Waals surface area contributed by atoms with Gasteiger partial charge in [0.1, 0.15) is 6.07 Å². The van der Waals surface area contributed by atoms with Gasteiger partial charge in [-0.1, -0.05) is 13.0 Å². The number of benzene rings is 2. The van der Waals surface area contributed by atoms with Crippen molar-refractivity contribution in [1.29, 1.82) is 5.26 Å². The third kappa shape index (κ3) is 7.34. The number of sulfonamides is 1. The number of ether oxygens (including phenoxy) is 1. The zero-order valence-electron chi connectivity index (χ0n) is 19.5. The largest absolute Gasteiger partial charge is 1.00 e. The molecule has 3 aromatic rings. The van der Waals surface area contributed by atoms with Gasteiger partial charge in [-0.15, -0.1) is 0 Å². The Morgan fingerprint density at radius 2 is 1.86 bits per heavy atom. The minimum atomic E-state index is -4.23. The van der Waals surface area contributed by atoms with Crippen LogP contribution in [-0.2, 0) is 10.0 Å². The minimum absolute atomic E-state index is 0. The van der Waals surface area contributed by atoms with Gasteiger partial charge in [0.15, 0.2) is 29.8 Å². The van der Waals surface area contributed by atoms with Crippen LogP contribution in [0.15, 0.2) is 51.9 Å². The van der Waals surface area contributed by atoms with Crippen LogP contribution >= 0.6 is 0 Å². The van der Waals surface area contributed by atoms with Crippen molar-refractivity contribution in [2.75, 3.05) is 17.2 Å². The Morgan fingerprint density at radius 1 is 1.17 bits per heavy atom. The topological polar surface area (TPSA) is 152 Å². The summed E-state index contributed by atoms with van der Waals surface area (Å²) in [6.45, 7) is 2.72. The maximum atomic E-state index is 14.3. The molecule has 0 unspecified atom stereocenters. The number of nitrogens with zero attached hydrogens (tertiary/aromatic N) is 4. The molecule has 0 saturated heterocycles. The predicted molar refractivity (Wildman–Crippen MR) is 122 cm³/mol. The Balaban J connectivity index is 0.00000456. The van der Waals surface area contributed by atoms with Crippen molar-refractivity contribution in [3.63, 3.8) is 0 Å². The zero-order chi connectivity index (χ0) is 25.6. The molecule has 2 aromatic carbocycles. The minimum Gasteiger partial charge on any atom is -0.861 e. The molecular formula is C22H19F2N6NaO4S. The van der Waals surface area contributed by atoms with Crippen molar-refractivity contribution in [2.24, 2.45) is 4.40 Å².